The number of nitrogens with zero attached hydrogens (tertiary/aromatic N) is 4. The Kier molecular flexibility index (Phi) is 6.03. The van der Waals surface area contributed by atoms with Crippen molar-refractivity contribution in [3.63, 3.8) is 0 Å². The monoisotopic (exact) mass is 458 g/mol. The van der Waals surface area contributed by atoms with E-state index in [4.69, 9.17) is 20.8 Å². The van der Waals surface area contributed by atoms with Gasteiger partial charge in [0.25, 0.3) is 11.5 Å². The number of fused-ring (bicyclic) bond motifs is 1. The highest BCUT2D eigenvalue weighted by atomic mass is 35.5. The second-order valence-electron chi connectivity index (χ2n) is 7.65. The molecule has 2 aromatic heterocycles. The number of amides is 1. The van der Waals surface area contributed by atoms with Gasteiger partial charge in [-0.1, -0.05) is 29.8 Å². The molecule has 1 aliphatic heterocycles. The highest BCUT2D eigenvalue weighted by Crippen LogP contribution is 2.30. The Morgan fingerprint density at radius 2 is 1.88 bits per heavy atom. The van der Waals surface area contributed by atoms with E-state index in [-0.39, 0.29) is 28.1 Å². The van der Waals surface area contributed by atoms with Crippen molar-refractivity contribution in [3.05, 3.63) is 62.9 Å². The molecule has 9 nitrogen and oxygen atoms in total. The molecule has 10 heteroatoms. The number of esters is 1. The Bertz CT molecular complexity index is 1240. The minimum atomic E-state index is -0.668. The van der Waals surface area contributed by atoms with Crippen LogP contribution in [-0.2, 0) is 16.6 Å². The molecule has 3 heterocycles. The maximum atomic E-state index is 13.3. The summed E-state index contributed by atoms with van der Waals surface area (Å²) in [5.74, 6) is -0.353. The quantitative estimate of drug-likeness (QED) is 0.552. The van der Waals surface area contributed by atoms with Gasteiger partial charge in [-0.05, 0) is 18.6 Å². The van der Waals surface area contributed by atoms with Crippen LogP contribution in [0.25, 0.3) is 11.1 Å². The van der Waals surface area contributed by atoms with E-state index in [1.165, 1.54) is 18.0 Å². The molecule has 1 saturated heterocycles. The highest BCUT2D eigenvalue weighted by Gasteiger charge is 2.35. The minimum absolute atomic E-state index is 0.150. The van der Waals surface area contributed by atoms with E-state index in [0.29, 0.717) is 42.5 Å². The Hall–Kier alpha value is -3.17. The normalized spacial score (nSPS) is 15.7. The summed E-state index contributed by atoms with van der Waals surface area (Å²) in [6.45, 7) is 3.24. The molecule has 0 spiro atoms. The number of rotatable bonds is 4. The van der Waals surface area contributed by atoms with Crippen LogP contribution in [0.15, 0.2) is 39.8 Å². The highest BCUT2D eigenvalue weighted by molar-refractivity contribution is 6.31. The van der Waals surface area contributed by atoms with Crippen molar-refractivity contribution in [2.24, 2.45) is 7.05 Å². The molecule has 1 atom stereocenters. The van der Waals surface area contributed by atoms with Gasteiger partial charge in [-0.3, -0.25) is 14.5 Å². The minimum Gasteiger partial charge on any atom is -0.468 e. The fraction of sp³-hybridized carbons (Fsp3) is 0.364. The average Bonchev–Trinajstić information content (AvgIpc) is 3.14. The van der Waals surface area contributed by atoms with Crippen molar-refractivity contribution >= 4 is 34.6 Å². The standard InChI is InChI=1S/C22H23ClN4O5/c1-13-16(17-19(32-13)24-12-25(2)20(17)28)21(29)27-10-8-26(9-11-27)18(22(30)31-3)14-6-4-5-7-15(14)23/h4-7,12,18H,8-11H2,1-3H3. The fourth-order valence-electron chi connectivity index (χ4n) is 4.07. The smallest absolute Gasteiger partial charge is 0.327 e. The maximum Gasteiger partial charge on any atom is 0.327 e. The zero-order valence-corrected chi connectivity index (χ0v) is 18.8. The van der Waals surface area contributed by atoms with Crippen LogP contribution in [0.4, 0.5) is 0 Å². The predicted octanol–water partition coefficient (Wildman–Crippen LogP) is 2.16. The molecule has 1 fully saturated rings. The van der Waals surface area contributed by atoms with Gasteiger partial charge in [-0.2, -0.15) is 0 Å². The summed E-state index contributed by atoms with van der Waals surface area (Å²) in [4.78, 5) is 46.2. The van der Waals surface area contributed by atoms with Gasteiger partial charge in [0.05, 0.1) is 12.7 Å². The molecule has 1 unspecified atom stereocenters. The largest absolute Gasteiger partial charge is 0.468 e. The van der Waals surface area contributed by atoms with Crippen LogP contribution in [0.2, 0.25) is 5.02 Å². The second-order valence-corrected chi connectivity index (χ2v) is 8.06. The molecular formula is C22H23ClN4O5. The van der Waals surface area contributed by atoms with Crippen LogP contribution in [-0.4, -0.2) is 64.5 Å². The van der Waals surface area contributed by atoms with E-state index in [1.807, 2.05) is 11.0 Å². The molecule has 32 heavy (non-hydrogen) atoms. The maximum absolute atomic E-state index is 13.3. The molecule has 1 amide bonds. The third-order valence-electron chi connectivity index (χ3n) is 5.75. The van der Waals surface area contributed by atoms with Gasteiger partial charge >= 0.3 is 5.97 Å². The Balaban J connectivity index is 1.58. The van der Waals surface area contributed by atoms with Crippen molar-refractivity contribution in [1.82, 2.24) is 19.4 Å². The van der Waals surface area contributed by atoms with Gasteiger partial charge in [0.2, 0.25) is 5.71 Å². The summed E-state index contributed by atoms with van der Waals surface area (Å²) < 4.78 is 11.9. The van der Waals surface area contributed by atoms with Crippen molar-refractivity contribution in [2.75, 3.05) is 33.3 Å². The lowest BCUT2D eigenvalue weighted by molar-refractivity contribution is -0.148. The van der Waals surface area contributed by atoms with Crippen molar-refractivity contribution in [3.8, 4) is 0 Å². The summed E-state index contributed by atoms with van der Waals surface area (Å²) in [5.41, 5.74) is 0.709. The predicted molar refractivity (Wildman–Crippen MR) is 118 cm³/mol. The summed E-state index contributed by atoms with van der Waals surface area (Å²) in [5, 5.41) is 0.661. The summed E-state index contributed by atoms with van der Waals surface area (Å²) in [6.07, 6.45) is 1.36. The van der Waals surface area contributed by atoms with Gasteiger partial charge in [0, 0.05) is 38.2 Å². The van der Waals surface area contributed by atoms with Gasteiger partial charge in [-0.15, -0.1) is 0 Å². The first-order valence-electron chi connectivity index (χ1n) is 10.1. The third-order valence-corrected chi connectivity index (χ3v) is 6.10. The molecule has 0 radical (unpaired) electrons. The van der Waals surface area contributed by atoms with E-state index >= 15 is 0 Å². The Morgan fingerprint density at radius 3 is 2.53 bits per heavy atom. The number of piperazine rings is 1. The molecule has 0 aliphatic carbocycles. The summed E-state index contributed by atoms with van der Waals surface area (Å²) in [6, 6.07) is 6.48. The average molecular weight is 459 g/mol. The topological polar surface area (TPSA) is 97.9 Å². The zero-order chi connectivity index (χ0) is 23.0. The number of methoxy groups -OCH3 is 1. The van der Waals surface area contributed by atoms with Crippen LogP contribution in [0.1, 0.15) is 27.7 Å². The number of carbonyl (C=O) groups is 2. The van der Waals surface area contributed by atoms with Gasteiger partial charge in [0.15, 0.2) is 0 Å². The van der Waals surface area contributed by atoms with Crippen LogP contribution in [0.5, 0.6) is 0 Å². The van der Waals surface area contributed by atoms with Crippen LogP contribution in [0.3, 0.4) is 0 Å². The Morgan fingerprint density at radius 1 is 1.19 bits per heavy atom. The lowest BCUT2D eigenvalue weighted by atomic mass is 10.0. The van der Waals surface area contributed by atoms with E-state index < -0.39 is 12.0 Å². The lowest BCUT2D eigenvalue weighted by Gasteiger charge is -2.38. The van der Waals surface area contributed by atoms with Crippen molar-refractivity contribution < 1.29 is 18.7 Å². The summed E-state index contributed by atoms with van der Waals surface area (Å²) in [7, 11) is 2.92. The number of benzene rings is 1. The molecular weight excluding hydrogens is 436 g/mol. The molecule has 0 bridgehead atoms. The van der Waals surface area contributed by atoms with E-state index in [0.717, 1.165) is 0 Å². The number of hydrogen-bond acceptors (Lipinski definition) is 7. The molecule has 0 saturated carbocycles. The van der Waals surface area contributed by atoms with Gasteiger partial charge in [-0.25, -0.2) is 9.78 Å². The molecule has 1 aliphatic rings. The van der Waals surface area contributed by atoms with E-state index in [1.54, 1.807) is 37.1 Å². The van der Waals surface area contributed by atoms with Crippen LogP contribution >= 0.6 is 11.6 Å². The molecule has 0 N–H and O–H groups in total. The van der Waals surface area contributed by atoms with Crippen LogP contribution in [0, 0.1) is 6.92 Å². The number of furan rings is 1. The third kappa shape index (κ3) is 3.78. The van der Waals surface area contributed by atoms with Crippen LogP contribution < -0.4 is 5.56 Å². The molecule has 3 aromatic rings. The SMILES string of the molecule is COC(=O)C(c1ccccc1Cl)N1CCN(C(=O)c2c(C)oc3ncn(C)c(=O)c23)CC1. The number of hydrogen-bond donors (Lipinski definition) is 0. The number of aromatic nitrogens is 2. The number of aryl methyl sites for hydroxylation is 2. The number of halogens is 1. The fourth-order valence-corrected chi connectivity index (χ4v) is 4.31. The first-order valence-corrected chi connectivity index (χ1v) is 10.5. The van der Waals surface area contributed by atoms with Crippen molar-refractivity contribution in [2.45, 2.75) is 13.0 Å². The van der Waals surface area contributed by atoms with E-state index in [2.05, 4.69) is 4.98 Å². The zero-order valence-electron chi connectivity index (χ0n) is 18.0. The number of ether oxygens (including phenoxy) is 1. The first-order chi connectivity index (χ1) is 15.3. The van der Waals surface area contributed by atoms with E-state index in [9.17, 15) is 14.4 Å². The van der Waals surface area contributed by atoms with Gasteiger partial charge < -0.3 is 18.6 Å². The Labute approximate surface area is 189 Å². The number of carbonyl (C=O) groups excluding carboxylic acids is 2. The molecule has 4 rings (SSSR count). The first kappa shape index (κ1) is 22.0. The van der Waals surface area contributed by atoms with Gasteiger partial charge in [0.1, 0.15) is 23.5 Å². The van der Waals surface area contributed by atoms with Crippen molar-refractivity contribution in [1.29, 1.82) is 0 Å². The summed E-state index contributed by atoms with van der Waals surface area (Å²) >= 11 is 6.34. The lowest BCUT2D eigenvalue weighted by Crippen LogP contribution is -2.51. The molecule has 1 aromatic carbocycles. The second kappa shape index (κ2) is 8.76. The molecule has 168 valence electrons.